The van der Waals surface area contributed by atoms with Gasteiger partial charge in [-0.05, 0) is 29.0 Å². The molecule has 0 saturated carbocycles. The third-order valence-electron chi connectivity index (χ3n) is 3.44. The lowest BCUT2D eigenvalue weighted by atomic mass is 10.1. The maximum atomic E-state index is 5.96. The van der Waals surface area contributed by atoms with E-state index < -0.39 is 0 Å². The van der Waals surface area contributed by atoms with E-state index in [1.165, 1.54) is 10.8 Å². The summed E-state index contributed by atoms with van der Waals surface area (Å²) in [6.45, 7) is 0. The molecule has 90 valence electrons. The molecule has 1 heterocycles. The zero-order valence-corrected chi connectivity index (χ0v) is 10.3. The fourth-order valence-electron chi connectivity index (χ4n) is 2.47. The van der Waals surface area contributed by atoms with Gasteiger partial charge in [0.15, 0.2) is 0 Å². The van der Waals surface area contributed by atoms with E-state index in [2.05, 4.69) is 54.6 Å². The van der Waals surface area contributed by atoms with Crippen LogP contribution in [0.2, 0.25) is 0 Å². The van der Waals surface area contributed by atoms with Crippen molar-refractivity contribution in [2.75, 3.05) is 0 Å². The molecule has 0 aliphatic heterocycles. The summed E-state index contributed by atoms with van der Waals surface area (Å²) >= 11 is 0. The molecule has 0 aliphatic rings. The van der Waals surface area contributed by atoms with E-state index in [1.54, 1.807) is 0 Å². The van der Waals surface area contributed by atoms with Gasteiger partial charge in [0, 0.05) is 10.9 Å². The van der Waals surface area contributed by atoms with Crippen molar-refractivity contribution in [1.82, 2.24) is 0 Å². The Morgan fingerprint density at radius 1 is 0.579 bits per heavy atom. The largest absolute Gasteiger partial charge is 0.456 e. The lowest BCUT2D eigenvalue weighted by molar-refractivity contribution is 0.632. The van der Waals surface area contributed by atoms with Crippen LogP contribution in [0, 0.1) is 0 Å². The molecule has 0 fully saturated rings. The Hall–Kier alpha value is -2.54. The van der Waals surface area contributed by atoms with E-state index in [9.17, 15) is 0 Å². The van der Waals surface area contributed by atoms with Gasteiger partial charge in [0.25, 0.3) is 0 Å². The zero-order valence-electron chi connectivity index (χ0n) is 10.3. The second-order valence-corrected chi connectivity index (χ2v) is 4.71. The average Bonchev–Trinajstić information content (AvgIpc) is 2.88. The minimum atomic E-state index is 0.922. The van der Waals surface area contributed by atoms with Crippen LogP contribution in [0.5, 0.6) is 0 Å². The average molecular weight is 244 g/mol. The van der Waals surface area contributed by atoms with Gasteiger partial charge in [0.1, 0.15) is 11.3 Å². The number of benzene rings is 3. The molecular formula is C18H12O. The molecule has 0 saturated heterocycles. The maximum absolute atomic E-state index is 5.96. The maximum Gasteiger partial charge on any atom is 0.135 e. The van der Waals surface area contributed by atoms with Gasteiger partial charge in [-0.3, -0.25) is 0 Å². The molecule has 0 amide bonds. The number of rotatable bonds is 1. The van der Waals surface area contributed by atoms with Crippen molar-refractivity contribution in [3.8, 4) is 11.3 Å². The molecule has 0 atom stereocenters. The second kappa shape index (κ2) is 3.99. The van der Waals surface area contributed by atoms with Crippen molar-refractivity contribution in [1.29, 1.82) is 0 Å². The summed E-state index contributed by atoms with van der Waals surface area (Å²) in [7, 11) is 0. The summed E-state index contributed by atoms with van der Waals surface area (Å²) in [5.41, 5.74) is 2.06. The first kappa shape index (κ1) is 10.4. The Morgan fingerprint density at radius 2 is 1.26 bits per heavy atom. The highest BCUT2D eigenvalue weighted by molar-refractivity contribution is 5.97. The normalized spacial score (nSPS) is 11.2. The van der Waals surface area contributed by atoms with Crippen LogP contribution in [-0.2, 0) is 0 Å². The third kappa shape index (κ3) is 1.71. The molecule has 1 aromatic heterocycles. The predicted molar refractivity (Wildman–Crippen MR) is 79.2 cm³/mol. The monoisotopic (exact) mass is 244 g/mol. The Kier molecular flexibility index (Phi) is 2.18. The molecule has 0 bridgehead atoms. The minimum Gasteiger partial charge on any atom is -0.456 e. The molecular weight excluding hydrogens is 232 g/mol. The van der Waals surface area contributed by atoms with Crippen molar-refractivity contribution < 1.29 is 4.42 Å². The van der Waals surface area contributed by atoms with E-state index in [1.807, 2.05) is 18.2 Å². The van der Waals surface area contributed by atoms with Crippen molar-refractivity contribution in [2.24, 2.45) is 0 Å². The van der Waals surface area contributed by atoms with Gasteiger partial charge in [-0.15, -0.1) is 0 Å². The molecule has 0 unspecified atom stereocenters. The highest BCUT2D eigenvalue weighted by atomic mass is 16.3. The fraction of sp³-hybridized carbons (Fsp3) is 0. The number of furan rings is 1. The first-order valence-corrected chi connectivity index (χ1v) is 6.38. The summed E-state index contributed by atoms with van der Waals surface area (Å²) in [6.07, 6.45) is 0. The van der Waals surface area contributed by atoms with E-state index in [0.29, 0.717) is 0 Å². The van der Waals surface area contributed by atoms with Gasteiger partial charge in [0.05, 0.1) is 0 Å². The molecule has 19 heavy (non-hydrogen) atoms. The summed E-state index contributed by atoms with van der Waals surface area (Å²) in [6, 6.07) is 25.0. The van der Waals surface area contributed by atoms with Gasteiger partial charge in [-0.25, -0.2) is 0 Å². The van der Waals surface area contributed by atoms with Crippen molar-refractivity contribution in [3.63, 3.8) is 0 Å². The van der Waals surface area contributed by atoms with E-state index in [0.717, 1.165) is 22.3 Å². The molecule has 0 radical (unpaired) electrons. The van der Waals surface area contributed by atoms with Crippen molar-refractivity contribution in [3.05, 3.63) is 72.8 Å². The fourth-order valence-corrected chi connectivity index (χ4v) is 2.47. The Balaban J connectivity index is 1.98. The van der Waals surface area contributed by atoms with Crippen molar-refractivity contribution >= 4 is 21.7 Å². The first-order valence-electron chi connectivity index (χ1n) is 6.38. The third-order valence-corrected chi connectivity index (χ3v) is 3.44. The SMILES string of the molecule is c1ccc(-c2cc3cc4ccccc4cc3o2)cc1. The quantitative estimate of drug-likeness (QED) is 0.445. The summed E-state index contributed by atoms with van der Waals surface area (Å²) in [4.78, 5) is 0. The molecule has 3 aromatic carbocycles. The van der Waals surface area contributed by atoms with Crippen LogP contribution < -0.4 is 0 Å². The van der Waals surface area contributed by atoms with Crippen LogP contribution in [0.4, 0.5) is 0 Å². The topological polar surface area (TPSA) is 13.1 Å². The molecule has 0 spiro atoms. The summed E-state index contributed by atoms with van der Waals surface area (Å²) < 4.78 is 5.96. The molecule has 1 nitrogen and oxygen atoms in total. The standard InChI is InChI=1S/C18H12O/c1-2-6-13(7-3-1)17-12-16-10-14-8-4-5-9-15(14)11-18(16)19-17/h1-12H. The zero-order chi connectivity index (χ0) is 12.7. The lowest BCUT2D eigenvalue weighted by Gasteiger charge is -1.96. The molecule has 4 aromatic rings. The van der Waals surface area contributed by atoms with Crippen LogP contribution in [0.1, 0.15) is 0 Å². The highest BCUT2D eigenvalue weighted by Crippen LogP contribution is 2.30. The van der Waals surface area contributed by atoms with Crippen LogP contribution in [0.3, 0.4) is 0 Å². The first-order chi connectivity index (χ1) is 9.40. The van der Waals surface area contributed by atoms with Crippen LogP contribution in [0.15, 0.2) is 77.2 Å². The van der Waals surface area contributed by atoms with Crippen LogP contribution >= 0.6 is 0 Å². The minimum absolute atomic E-state index is 0.922. The lowest BCUT2D eigenvalue weighted by Crippen LogP contribution is -1.70. The number of hydrogen-bond acceptors (Lipinski definition) is 1. The number of fused-ring (bicyclic) bond motifs is 2. The predicted octanol–water partition coefficient (Wildman–Crippen LogP) is 5.25. The van der Waals surface area contributed by atoms with E-state index in [-0.39, 0.29) is 0 Å². The molecule has 1 heteroatoms. The van der Waals surface area contributed by atoms with Gasteiger partial charge >= 0.3 is 0 Å². The molecule has 0 N–H and O–H groups in total. The van der Waals surface area contributed by atoms with E-state index in [4.69, 9.17) is 4.42 Å². The Labute approximate surface area is 111 Å². The van der Waals surface area contributed by atoms with Crippen LogP contribution in [0.25, 0.3) is 33.1 Å². The molecule has 0 aliphatic carbocycles. The Bertz CT molecular complexity index is 804. The summed E-state index contributed by atoms with van der Waals surface area (Å²) in [5, 5.41) is 3.61. The van der Waals surface area contributed by atoms with E-state index >= 15 is 0 Å². The summed E-state index contributed by atoms with van der Waals surface area (Å²) in [5.74, 6) is 0.922. The second-order valence-electron chi connectivity index (χ2n) is 4.71. The van der Waals surface area contributed by atoms with Gasteiger partial charge in [-0.2, -0.15) is 0 Å². The van der Waals surface area contributed by atoms with Crippen molar-refractivity contribution in [2.45, 2.75) is 0 Å². The smallest absolute Gasteiger partial charge is 0.135 e. The van der Waals surface area contributed by atoms with Gasteiger partial charge in [-0.1, -0.05) is 54.6 Å². The van der Waals surface area contributed by atoms with Crippen LogP contribution in [-0.4, -0.2) is 0 Å². The Morgan fingerprint density at radius 3 is 2.05 bits per heavy atom. The van der Waals surface area contributed by atoms with Gasteiger partial charge in [0.2, 0.25) is 0 Å². The number of hydrogen-bond donors (Lipinski definition) is 0. The molecule has 4 rings (SSSR count). The highest BCUT2D eigenvalue weighted by Gasteiger charge is 2.06. The van der Waals surface area contributed by atoms with Gasteiger partial charge < -0.3 is 4.42 Å².